The van der Waals surface area contributed by atoms with Crippen LogP contribution in [0.1, 0.15) is 44.7 Å². The molecule has 1 nitrogen and oxygen atoms in total. The van der Waals surface area contributed by atoms with Gasteiger partial charge in [0, 0.05) is 0 Å². The first-order valence-corrected chi connectivity index (χ1v) is 5.61. The van der Waals surface area contributed by atoms with Crippen LogP contribution in [0.15, 0.2) is 18.2 Å². The van der Waals surface area contributed by atoms with Crippen molar-refractivity contribution in [3.8, 4) is 5.75 Å². The normalized spacial score (nSPS) is 10.9. The van der Waals surface area contributed by atoms with E-state index in [1.165, 1.54) is 13.2 Å². The van der Waals surface area contributed by atoms with Gasteiger partial charge in [0.15, 0.2) is 0 Å². The zero-order valence-corrected chi connectivity index (χ0v) is 10.9. The van der Waals surface area contributed by atoms with Crippen LogP contribution in [0.4, 0.5) is 13.2 Å². The Labute approximate surface area is 101 Å². The Morgan fingerprint density at radius 2 is 1.65 bits per heavy atom. The third-order valence-electron chi connectivity index (χ3n) is 2.18. The van der Waals surface area contributed by atoms with Crippen LogP contribution < -0.4 is 4.74 Å². The molecule has 0 aliphatic carbocycles. The van der Waals surface area contributed by atoms with Gasteiger partial charge in [0.25, 0.3) is 0 Å². The quantitative estimate of drug-likeness (QED) is 0.726. The summed E-state index contributed by atoms with van der Waals surface area (Å²) < 4.78 is 42.3. The lowest BCUT2D eigenvalue weighted by molar-refractivity contribution is -0.137. The van der Waals surface area contributed by atoms with Crippen LogP contribution in [-0.2, 0) is 6.18 Å². The van der Waals surface area contributed by atoms with Gasteiger partial charge in [-0.3, -0.25) is 0 Å². The third kappa shape index (κ3) is 4.29. The smallest absolute Gasteiger partial charge is 0.416 e. The van der Waals surface area contributed by atoms with Crippen molar-refractivity contribution in [2.45, 2.75) is 39.8 Å². The Balaban J connectivity index is 0.00000121. The van der Waals surface area contributed by atoms with E-state index in [4.69, 9.17) is 4.74 Å². The Morgan fingerprint density at radius 1 is 1.12 bits per heavy atom. The van der Waals surface area contributed by atoms with Gasteiger partial charge in [-0.05, 0) is 29.7 Å². The van der Waals surface area contributed by atoms with Crippen LogP contribution in [0.25, 0.3) is 0 Å². The van der Waals surface area contributed by atoms with Gasteiger partial charge < -0.3 is 4.74 Å². The molecule has 0 heterocycles. The van der Waals surface area contributed by atoms with E-state index in [0.29, 0.717) is 11.3 Å². The largest absolute Gasteiger partial charge is 0.496 e. The molecule has 0 aromatic heterocycles. The summed E-state index contributed by atoms with van der Waals surface area (Å²) in [6.45, 7) is 7.66. The standard InChI is InChI=1S/C11H13F3O.C2H6/c1-7(2)9-6-8(11(12,13)14)4-5-10(9)15-3;1-2/h4-7H,1-3H3;1-2H3. The lowest BCUT2D eigenvalue weighted by Crippen LogP contribution is -2.06. The molecule has 0 saturated heterocycles. The van der Waals surface area contributed by atoms with Crippen molar-refractivity contribution in [2.24, 2.45) is 0 Å². The van der Waals surface area contributed by atoms with Crippen molar-refractivity contribution >= 4 is 0 Å². The highest BCUT2D eigenvalue weighted by atomic mass is 19.4. The van der Waals surface area contributed by atoms with Crippen LogP contribution in [0, 0.1) is 0 Å². The van der Waals surface area contributed by atoms with E-state index in [-0.39, 0.29) is 5.92 Å². The van der Waals surface area contributed by atoms with Gasteiger partial charge in [0.2, 0.25) is 0 Å². The fourth-order valence-electron chi connectivity index (χ4n) is 1.36. The summed E-state index contributed by atoms with van der Waals surface area (Å²) in [5, 5.41) is 0. The highest BCUT2D eigenvalue weighted by Crippen LogP contribution is 2.35. The highest BCUT2D eigenvalue weighted by molar-refractivity contribution is 5.40. The molecule has 0 spiro atoms. The molecule has 0 bridgehead atoms. The first-order valence-electron chi connectivity index (χ1n) is 5.61. The summed E-state index contributed by atoms with van der Waals surface area (Å²) in [5.74, 6) is 0.500. The van der Waals surface area contributed by atoms with E-state index in [1.807, 2.05) is 27.7 Å². The van der Waals surface area contributed by atoms with Crippen molar-refractivity contribution in [1.82, 2.24) is 0 Å². The minimum atomic E-state index is -4.30. The second kappa shape index (κ2) is 6.52. The molecule has 4 heteroatoms. The molecule has 0 fully saturated rings. The van der Waals surface area contributed by atoms with Crippen LogP contribution >= 0.6 is 0 Å². The topological polar surface area (TPSA) is 9.23 Å². The maximum atomic E-state index is 12.4. The van der Waals surface area contributed by atoms with E-state index in [2.05, 4.69) is 0 Å². The molecule has 1 aromatic rings. The van der Waals surface area contributed by atoms with Gasteiger partial charge in [-0.15, -0.1) is 0 Å². The predicted octanol–water partition coefficient (Wildman–Crippen LogP) is 4.86. The Hall–Kier alpha value is -1.19. The fourth-order valence-corrected chi connectivity index (χ4v) is 1.36. The summed E-state index contributed by atoms with van der Waals surface area (Å²) in [4.78, 5) is 0. The molecule has 0 aliphatic rings. The summed E-state index contributed by atoms with van der Waals surface area (Å²) >= 11 is 0. The number of halogens is 3. The second-order valence-electron chi connectivity index (χ2n) is 3.61. The van der Waals surface area contributed by atoms with Gasteiger partial charge in [-0.25, -0.2) is 0 Å². The minimum Gasteiger partial charge on any atom is -0.496 e. The number of rotatable bonds is 2. The van der Waals surface area contributed by atoms with E-state index in [9.17, 15) is 13.2 Å². The number of alkyl halides is 3. The predicted molar refractivity (Wildman–Crippen MR) is 63.4 cm³/mol. The van der Waals surface area contributed by atoms with Crippen LogP contribution in [0.2, 0.25) is 0 Å². The number of benzene rings is 1. The van der Waals surface area contributed by atoms with Crippen molar-refractivity contribution in [3.63, 3.8) is 0 Å². The fraction of sp³-hybridized carbons (Fsp3) is 0.538. The van der Waals surface area contributed by atoms with Gasteiger partial charge in [0.05, 0.1) is 12.7 Å². The molecule has 0 unspecified atom stereocenters. The summed E-state index contributed by atoms with van der Waals surface area (Å²) in [7, 11) is 1.45. The molecule has 1 aromatic carbocycles. The van der Waals surface area contributed by atoms with E-state index in [1.54, 1.807) is 0 Å². The number of hydrogen-bond acceptors (Lipinski definition) is 1. The maximum absolute atomic E-state index is 12.4. The summed E-state index contributed by atoms with van der Waals surface area (Å²) in [6, 6.07) is 3.53. The Morgan fingerprint density at radius 3 is 2.00 bits per heavy atom. The molecule has 17 heavy (non-hydrogen) atoms. The van der Waals surface area contributed by atoms with Gasteiger partial charge >= 0.3 is 6.18 Å². The van der Waals surface area contributed by atoms with E-state index < -0.39 is 11.7 Å². The van der Waals surface area contributed by atoms with Gasteiger partial charge in [-0.2, -0.15) is 13.2 Å². The van der Waals surface area contributed by atoms with Crippen LogP contribution in [0.5, 0.6) is 5.75 Å². The molecule has 98 valence electrons. The molecule has 0 amide bonds. The number of ether oxygens (including phenoxy) is 1. The minimum absolute atomic E-state index is 0.00208. The van der Waals surface area contributed by atoms with E-state index in [0.717, 1.165) is 12.1 Å². The van der Waals surface area contributed by atoms with Gasteiger partial charge in [-0.1, -0.05) is 27.7 Å². The Bertz CT molecular complexity index is 343. The van der Waals surface area contributed by atoms with E-state index >= 15 is 0 Å². The average Bonchev–Trinajstić information content (AvgIpc) is 2.29. The van der Waals surface area contributed by atoms with Crippen molar-refractivity contribution < 1.29 is 17.9 Å². The SMILES string of the molecule is CC.COc1ccc(C(F)(F)F)cc1C(C)C. The molecule has 0 aliphatic heterocycles. The average molecular weight is 248 g/mol. The van der Waals surface area contributed by atoms with Crippen molar-refractivity contribution in [3.05, 3.63) is 29.3 Å². The number of methoxy groups -OCH3 is 1. The van der Waals surface area contributed by atoms with Crippen LogP contribution in [-0.4, -0.2) is 7.11 Å². The third-order valence-corrected chi connectivity index (χ3v) is 2.18. The lowest BCUT2D eigenvalue weighted by atomic mass is 9.99. The molecular weight excluding hydrogens is 229 g/mol. The molecule has 0 saturated carbocycles. The van der Waals surface area contributed by atoms with Gasteiger partial charge in [0.1, 0.15) is 5.75 Å². The maximum Gasteiger partial charge on any atom is 0.416 e. The molecule has 0 atom stereocenters. The van der Waals surface area contributed by atoms with Crippen LogP contribution in [0.3, 0.4) is 0 Å². The lowest BCUT2D eigenvalue weighted by Gasteiger charge is -2.14. The second-order valence-corrected chi connectivity index (χ2v) is 3.61. The highest BCUT2D eigenvalue weighted by Gasteiger charge is 2.31. The van der Waals surface area contributed by atoms with Crippen molar-refractivity contribution in [1.29, 1.82) is 0 Å². The summed E-state index contributed by atoms with van der Waals surface area (Å²) in [5.41, 5.74) is -0.0562. The summed E-state index contributed by atoms with van der Waals surface area (Å²) in [6.07, 6.45) is -4.30. The first kappa shape index (κ1) is 15.8. The molecule has 1 rings (SSSR count). The zero-order chi connectivity index (χ0) is 13.6. The van der Waals surface area contributed by atoms with Crippen molar-refractivity contribution in [2.75, 3.05) is 7.11 Å². The monoisotopic (exact) mass is 248 g/mol. The molecular formula is C13H19F3O. The Kier molecular flexibility index (Phi) is 6.07. The molecule has 0 N–H and O–H groups in total. The molecule has 0 radical (unpaired) electrons. The number of hydrogen-bond donors (Lipinski definition) is 0. The zero-order valence-electron chi connectivity index (χ0n) is 10.9. The first-order chi connectivity index (χ1) is 7.86.